The van der Waals surface area contributed by atoms with Gasteiger partial charge in [-0.15, -0.1) is 0 Å². The second-order valence-corrected chi connectivity index (χ2v) is 12.1. The van der Waals surface area contributed by atoms with Crippen LogP contribution in [0.15, 0.2) is 60.9 Å². The molecular weight excluding hydrogens is 562 g/mol. The molecule has 1 saturated heterocycles. The maximum Gasteiger partial charge on any atom is 0.304 e. The molecule has 1 unspecified atom stereocenters. The Morgan fingerprint density at radius 3 is 2.60 bits per heavy atom. The van der Waals surface area contributed by atoms with Gasteiger partial charge in [0, 0.05) is 42.6 Å². The minimum atomic E-state index is -0.734. The molecule has 2 aromatic carbocycles. The molecule has 8 heteroatoms. The summed E-state index contributed by atoms with van der Waals surface area (Å²) in [4.78, 5) is 25.6. The highest BCUT2D eigenvalue weighted by Crippen LogP contribution is 2.36. The number of hydrogen-bond acceptors (Lipinski definition) is 7. The zero-order valence-corrected chi connectivity index (χ0v) is 27.2. The Hall–Kier alpha value is -4.01. The number of fused-ring (bicyclic) bond motifs is 1. The van der Waals surface area contributed by atoms with E-state index in [4.69, 9.17) is 9.72 Å². The number of anilines is 2. The van der Waals surface area contributed by atoms with Crippen LogP contribution in [0.25, 0.3) is 22.0 Å². The van der Waals surface area contributed by atoms with E-state index in [1.165, 1.54) is 0 Å². The first-order valence-electron chi connectivity index (χ1n) is 16.4. The Bertz CT molecular complexity index is 1600. The molecule has 1 atom stereocenters. The van der Waals surface area contributed by atoms with Crippen LogP contribution in [0.3, 0.4) is 0 Å². The Kier molecular flexibility index (Phi) is 11.0. The van der Waals surface area contributed by atoms with Crippen molar-refractivity contribution in [3.63, 3.8) is 0 Å². The molecule has 2 N–H and O–H groups in total. The minimum absolute atomic E-state index is 0.0744. The van der Waals surface area contributed by atoms with Crippen molar-refractivity contribution in [2.45, 2.75) is 72.4 Å². The third-order valence-corrected chi connectivity index (χ3v) is 9.13. The van der Waals surface area contributed by atoms with E-state index in [2.05, 4.69) is 90.3 Å². The van der Waals surface area contributed by atoms with Crippen LogP contribution in [0.5, 0.6) is 5.75 Å². The lowest BCUT2D eigenvalue weighted by atomic mass is 9.95. The number of ether oxygens (including phenoxy) is 1. The molecular formula is C37H47N5O3. The highest BCUT2D eigenvalue weighted by atomic mass is 16.5. The van der Waals surface area contributed by atoms with Gasteiger partial charge in [-0.05, 0) is 105 Å². The van der Waals surface area contributed by atoms with Crippen molar-refractivity contribution in [3.8, 4) is 16.9 Å². The number of carboxylic acids is 1. The normalized spacial score (nSPS) is 15.4. The van der Waals surface area contributed by atoms with Gasteiger partial charge in [0.1, 0.15) is 11.3 Å². The van der Waals surface area contributed by atoms with Gasteiger partial charge in [0.2, 0.25) is 0 Å². The molecule has 1 aliphatic rings. The fourth-order valence-electron chi connectivity index (χ4n) is 6.48. The molecule has 2 aromatic heterocycles. The van der Waals surface area contributed by atoms with Gasteiger partial charge in [-0.2, -0.15) is 0 Å². The summed E-state index contributed by atoms with van der Waals surface area (Å²) < 4.78 is 6.24. The molecule has 4 aromatic rings. The molecule has 0 spiro atoms. The molecule has 0 amide bonds. The molecule has 238 valence electrons. The van der Waals surface area contributed by atoms with E-state index in [0.717, 1.165) is 102 Å². The SMILES string of the molecule is CCN(CC)CCCOc1cccc(-c2cccc(Nc3nccc4cc(CN5CCCCC5CC(=O)O)cnc34)c2C)c1C. The zero-order chi connectivity index (χ0) is 31.8. The first-order valence-corrected chi connectivity index (χ1v) is 16.4. The summed E-state index contributed by atoms with van der Waals surface area (Å²) >= 11 is 0. The van der Waals surface area contributed by atoms with Gasteiger partial charge >= 0.3 is 5.97 Å². The van der Waals surface area contributed by atoms with Crippen molar-refractivity contribution in [1.29, 1.82) is 0 Å². The number of rotatable bonds is 14. The number of carbonyl (C=O) groups is 1. The van der Waals surface area contributed by atoms with Gasteiger partial charge in [0.15, 0.2) is 5.82 Å². The quantitative estimate of drug-likeness (QED) is 0.141. The lowest BCUT2D eigenvalue weighted by molar-refractivity contribution is -0.138. The first-order chi connectivity index (χ1) is 21.9. The molecule has 0 saturated carbocycles. The number of piperidine rings is 1. The summed E-state index contributed by atoms with van der Waals surface area (Å²) in [6.45, 7) is 14.2. The summed E-state index contributed by atoms with van der Waals surface area (Å²) in [5, 5.41) is 14.0. The van der Waals surface area contributed by atoms with Crippen molar-refractivity contribution in [2.24, 2.45) is 0 Å². The fourth-order valence-corrected chi connectivity index (χ4v) is 6.48. The number of carboxylic acid groups (broad SMARTS) is 1. The van der Waals surface area contributed by atoms with Crippen LogP contribution in [0.4, 0.5) is 11.5 Å². The second-order valence-electron chi connectivity index (χ2n) is 12.1. The average molecular weight is 610 g/mol. The molecule has 0 radical (unpaired) electrons. The molecule has 0 bridgehead atoms. The summed E-state index contributed by atoms with van der Waals surface area (Å²) in [5.41, 5.74) is 7.45. The van der Waals surface area contributed by atoms with Crippen molar-refractivity contribution in [1.82, 2.24) is 19.8 Å². The van der Waals surface area contributed by atoms with Crippen molar-refractivity contribution in [3.05, 3.63) is 77.6 Å². The number of nitrogens with one attached hydrogen (secondary N) is 1. The maximum absolute atomic E-state index is 11.4. The third-order valence-electron chi connectivity index (χ3n) is 9.13. The van der Waals surface area contributed by atoms with Gasteiger partial charge in [0.05, 0.1) is 13.0 Å². The number of pyridine rings is 2. The van der Waals surface area contributed by atoms with E-state index >= 15 is 0 Å². The van der Waals surface area contributed by atoms with E-state index in [9.17, 15) is 9.90 Å². The Labute approximate surface area is 267 Å². The second kappa shape index (κ2) is 15.3. The topological polar surface area (TPSA) is 90.8 Å². The Balaban J connectivity index is 1.33. The van der Waals surface area contributed by atoms with Crippen molar-refractivity contribution in [2.75, 3.05) is 38.1 Å². The number of aliphatic carboxylic acids is 1. The van der Waals surface area contributed by atoms with Crippen molar-refractivity contribution < 1.29 is 14.6 Å². The lowest BCUT2D eigenvalue weighted by Crippen LogP contribution is -2.40. The van der Waals surface area contributed by atoms with Crippen LogP contribution in [-0.2, 0) is 11.3 Å². The fraction of sp³-hybridized carbons (Fsp3) is 0.432. The van der Waals surface area contributed by atoms with E-state index in [-0.39, 0.29) is 12.5 Å². The zero-order valence-electron chi connectivity index (χ0n) is 27.2. The van der Waals surface area contributed by atoms with E-state index in [1.807, 2.05) is 18.5 Å². The van der Waals surface area contributed by atoms with Gasteiger partial charge < -0.3 is 20.1 Å². The average Bonchev–Trinajstić information content (AvgIpc) is 3.04. The van der Waals surface area contributed by atoms with Gasteiger partial charge in [-0.3, -0.25) is 14.7 Å². The summed E-state index contributed by atoms with van der Waals surface area (Å²) in [7, 11) is 0. The lowest BCUT2D eigenvalue weighted by Gasteiger charge is -2.34. The number of benzene rings is 2. The Morgan fingerprint density at radius 1 is 1.04 bits per heavy atom. The number of nitrogens with zero attached hydrogens (tertiary/aromatic N) is 4. The van der Waals surface area contributed by atoms with Crippen LogP contribution in [-0.4, -0.2) is 69.7 Å². The smallest absolute Gasteiger partial charge is 0.304 e. The molecule has 1 aliphatic heterocycles. The van der Waals surface area contributed by atoms with Gasteiger partial charge in [0.25, 0.3) is 0 Å². The molecule has 3 heterocycles. The number of likely N-dealkylation sites (tertiary alicyclic amines) is 1. The third kappa shape index (κ3) is 7.99. The molecule has 45 heavy (non-hydrogen) atoms. The molecule has 0 aliphatic carbocycles. The molecule has 5 rings (SSSR count). The largest absolute Gasteiger partial charge is 0.493 e. The van der Waals surface area contributed by atoms with Crippen LogP contribution >= 0.6 is 0 Å². The maximum atomic E-state index is 11.4. The summed E-state index contributed by atoms with van der Waals surface area (Å²) in [5.74, 6) is 0.907. The monoisotopic (exact) mass is 609 g/mol. The highest BCUT2D eigenvalue weighted by Gasteiger charge is 2.25. The van der Waals surface area contributed by atoms with Crippen LogP contribution < -0.4 is 10.1 Å². The summed E-state index contributed by atoms with van der Waals surface area (Å²) in [6.07, 6.45) is 8.02. The minimum Gasteiger partial charge on any atom is -0.493 e. The van der Waals surface area contributed by atoms with Gasteiger partial charge in [-0.25, -0.2) is 4.98 Å². The predicted molar refractivity (Wildman–Crippen MR) is 182 cm³/mol. The van der Waals surface area contributed by atoms with Crippen LogP contribution in [0.2, 0.25) is 0 Å². The predicted octanol–water partition coefficient (Wildman–Crippen LogP) is 7.60. The summed E-state index contributed by atoms with van der Waals surface area (Å²) in [6, 6.07) is 16.8. The number of aromatic nitrogens is 2. The van der Waals surface area contributed by atoms with Crippen LogP contribution in [0, 0.1) is 13.8 Å². The van der Waals surface area contributed by atoms with E-state index in [1.54, 1.807) is 0 Å². The van der Waals surface area contributed by atoms with E-state index < -0.39 is 5.97 Å². The van der Waals surface area contributed by atoms with Gasteiger partial charge in [-0.1, -0.05) is 44.5 Å². The first kappa shape index (κ1) is 32.4. The Morgan fingerprint density at radius 2 is 1.82 bits per heavy atom. The van der Waals surface area contributed by atoms with E-state index in [0.29, 0.717) is 19.0 Å². The molecule has 1 fully saturated rings. The van der Waals surface area contributed by atoms with Crippen molar-refractivity contribution >= 4 is 28.4 Å². The van der Waals surface area contributed by atoms with Crippen LogP contribution in [0.1, 0.15) is 62.6 Å². The molecule has 8 nitrogen and oxygen atoms in total. The highest BCUT2D eigenvalue weighted by molar-refractivity contribution is 5.91. The number of hydrogen-bond donors (Lipinski definition) is 2. The standard InChI is InChI=1S/C37H47N5O3/c1-5-41(6-2)19-11-21-45-34-16-10-14-32(27(34)4)31-13-9-15-33(26(31)3)40-37-36-29(17-18-38-37)22-28(24-39-36)25-42-20-8-7-12-30(42)23-35(43)44/h9-10,13-18,22,24,30H,5-8,11-12,19-21,23,25H2,1-4H3,(H,38,40)(H,43,44).